The van der Waals surface area contributed by atoms with Crippen molar-refractivity contribution >= 4 is 27.9 Å². The number of nitrogens with two attached hydrogens (primary N) is 2. The molecule has 1 aliphatic heterocycles. The van der Waals surface area contributed by atoms with E-state index < -0.39 is 17.5 Å². The molecule has 3 aromatic rings. The SMILES string of the molecule is C[C@@H]1C[C@H](N)C[C@H](c2ccncc2NC(=O)c2nc(-c3c(F)cc(C4CCOCC4)cc3F)sc2N)C1. The van der Waals surface area contributed by atoms with Gasteiger partial charge in [-0.05, 0) is 79.2 Å². The molecular weight excluding hydrogens is 496 g/mol. The van der Waals surface area contributed by atoms with Crippen molar-refractivity contribution in [3.63, 3.8) is 0 Å². The number of aromatic nitrogens is 2. The van der Waals surface area contributed by atoms with E-state index in [1.807, 2.05) is 6.07 Å². The van der Waals surface area contributed by atoms with Crippen LogP contribution in [0.4, 0.5) is 19.5 Å². The number of anilines is 2. The first kappa shape index (κ1) is 25.7. The standard InChI is InChI=1S/C27H31F2N5O2S/c1-14-8-17(10-18(30)9-14)19-2-5-32-13-22(19)33-26(35)24-25(31)37-27(34-24)23-20(28)11-16(12-21(23)29)15-3-6-36-7-4-15/h2,5,11-15,17-18H,3-4,6-10,30-31H2,1H3,(H,33,35)/t14-,17+,18-/m0/s1. The largest absolute Gasteiger partial charge is 0.389 e. The topological polar surface area (TPSA) is 116 Å². The molecular formula is C27H31F2N5O2S. The van der Waals surface area contributed by atoms with Crippen LogP contribution in [0, 0.1) is 17.6 Å². The predicted octanol–water partition coefficient (Wildman–Crippen LogP) is 5.44. The van der Waals surface area contributed by atoms with Crippen molar-refractivity contribution in [2.24, 2.45) is 11.7 Å². The second-order valence-electron chi connectivity index (χ2n) is 10.2. The van der Waals surface area contributed by atoms with Crippen LogP contribution in [0.5, 0.6) is 0 Å². The normalized spacial score (nSPS) is 22.6. The number of nitrogens with zero attached hydrogens (tertiary/aromatic N) is 2. The van der Waals surface area contributed by atoms with Crippen LogP contribution in [0.15, 0.2) is 30.6 Å². The minimum atomic E-state index is -0.723. The van der Waals surface area contributed by atoms with Gasteiger partial charge >= 0.3 is 0 Å². The number of carbonyl (C=O) groups excluding carboxylic acids is 1. The summed E-state index contributed by atoms with van der Waals surface area (Å²) in [6, 6.07) is 4.70. The van der Waals surface area contributed by atoms with Crippen LogP contribution in [-0.2, 0) is 4.74 Å². The fraction of sp³-hybridized carbons (Fsp3) is 0.444. The highest BCUT2D eigenvalue weighted by atomic mass is 32.1. The van der Waals surface area contributed by atoms with Gasteiger partial charge in [0.1, 0.15) is 21.6 Å². The third kappa shape index (κ3) is 5.51. The second-order valence-corrected chi connectivity index (χ2v) is 11.2. The van der Waals surface area contributed by atoms with E-state index in [0.717, 1.165) is 49.0 Å². The van der Waals surface area contributed by atoms with Crippen LogP contribution in [0.3, 0.4) is 0 Å². The zero-order valence-electron chi connectivity index (χ0n) is 20.7. The summed E-state index contributed by atoms with van der Waals surface area (Å²) in [6.45, 7) is 3.32. The maximum Gasteiger partial charge on any atom is 0.277 e. The van der Waals surface area contributed by atoms with Crippen LogP contribution in [-0.4, -0.2) is 35.1 Å². The molecule has 196 valence electrons. The first-order valence-electron chi connectivity index (χ1n) is 12.6. The smallest absolute Gasteiger partial charge is 0.277 e. The van der Waals surface area contributed by atoms with Gasteiger partial charge < -0.3 is 21.5 Å². The van der Waals surface area contributed by atoms with E-state index in [1.165, 1.54) is 12.1 Å². The van der Waals surface area contributed by atoms with Crippen molar-refractivity contribution in [1.82, 2.24) is 9.97 Å². The van der Waals surface area contributed by atoms with E-state index in [9.17, 15) is 4.79 Å². The summed E-state index contributed by atoms with van der Waals surface area (Å²) in [7, 11) is 0. The maximum absolute atomic E-state index is 15.1. The Bertz CT molecular complexity index is 1260. The van der Waals surface area contributed by atoms with Gasteiger partial charge in [-0.3, -0.25) is 9.78 Å². The monoisotopic (exact) mass is 527 g/mol. The molecule has 1 saturated carbocycles. The summed E-state index contributed by atoms with van der Waals surface area (Å²) >= 11 is 0.883. The molecule has 0 spiro atoms. The fourth-order valence-corrected chi connectivity index (χ4v) is 6.50. The van der Waals surface area contributed by atoms with Crippen molar-refractivity contribution in [3.8, 4) is 10.6 Å². The molecule has 0 unspecified atom stereocenters. The Labute approximate surface area is 218 Å². The minimum Gasteiger partial charge on any atom is -0.389 e. The highest BCUT2D eigenvalue weighted by Gasteiger charge is 2.29. The minimum absolute atomic E-state index is 0.0228. The van der Waals surface area contributed by atoms with Crippen molar-refractivity contribution < 1.29 is 18.3 Å². The molecule has 37 heavy (non-hydrogen) atoms. The lowest BCUT2D eigenvalue weighted by atomic mass is 9.76. The average Bonchev–Trinajstić information content (AvgIpc) is 3.25. The molecule has 5 rings (SSSR count). The zero-order chi connectivity index (χ0) is 26.1. The fourth-order valence-electron chi connectivity index (χ4n) is 5.62. The summed E-state index contributed by atoms with van der Waals surface area (Å²) in [5, 5.41) is 2.97. The molecule has 1 aromatic carbocycles. The van der Waals surface area contributed by atoms with Gasteiger partial charge in [0.05, 0.1) is 17.4 Å². The third-order valence-electron chi connectivity index (χ3n) is 7.36. The van der Waals surface area contributed by atoms with Crippen molar-refractivity contribution in [2.45, 2.75) is 56.9 Å². The summed E-state index contributed by atoms with van der Waals surface area (Å²) in [4.78, 5) is 21.6. The van der Waals surface area contributed by atoms with Crippen molar-refractivity contribution in [1.29, 1.82) is 0 Å². The zero-order valence-corrected chi connectivity index (χ0v) is 21.5. The van der Waals surface area contributed by atoms with Crippen LogP contribution in [0.25, 0.3) is 10.6 Å². The Morgan fingerprint density at radius 1 is 1.14 bits per heavy atom. The third-order valence-corrected chi connectivity index (χ3v) is 8.26. The molecule has 2 fully saturated rings. The first-order chi connectivity index (χ1) is 17.8. The number of hydrogen-bond donors (Lipinski definition) is 3. The number of nitrogens with one attached hydrogen (secondary N) is 1. The highest BCUT2D eigenvalue weighted by Crippen LogP contribution is 2.39. The molecule has 7 nitrogen and oxygen atoms in total. The Morgan fingerprint density at radius 2 is 1.86 bits per heavy atom. The Hall–Kier alpha value is -2.95. The van der Waals surface area contributed by atoms with Crippen LogP contribution in [0.2, 0.25) is 0 Å². The summed E-state index contributed by atoms with van der Waals surface area (Å²) in [5.41, 5.74) is 14.1. The van der Waals surface area contributed by atoms with Crippen LogP contribution < -0.4 is 16.8 Å². The van der Waals surface area contributed by atoms with E-state index in [4.69, 9.17) is 16.2 Å². The van der Waals surface area contributed by atoms with Crippen LogP contribution in [0.1, 0.15) is 72.5 Å². The Balaban J connectivity index is 1.39. The molecule has 0 bridgehead atoms. The lowest BCUT2D eigenvalue weighted by Crippen LogP contribution is -2.31. The number of carbonyl (C=O) groups is 1. The summed E-state index contributed by atoms with van der Waals surface area (Å²) < 4.78 is 35.5. The number of ether oxygens (including phenoxy) is 1. The number of benzene rings is 1. The Kier molecular flexibility index (Phi) is 7.50. The number of nitrogen functional groups attached to an aromatic ring is 1. The van der Waals surface area contributed by atoms with Gasteiger partial charge in [-0.2, -0.15) is 0 Å². The van der Waals surface area contributed by atoms with E-state index in [0.29, 0.717) is 30.4 Å². The molecule has 2 aliphatic rings. The Morgan fingerprint density at radius 3 is 2.57 bits per heavy atom. The summed E-state index contributed by atoms with van der Waals surface area (Å²) in [6.07, 6.45) is 7.49. The van der Waals surface area contributed by atoms with Gasteiger partial charge in [-0.15, -0.1) is 0 Å². The van der Waals surface area contributed by atoms with Gasteiger partial charge in [0.15, 0.2) is 5.69 Å². The second kappa shape index (κ2) is 10.8. The molecule has 3 heterocycles. The number of amides is 1. The van der Waals surface area contributed by atoms with Crippen molar-refractivity contribution in [2.75, 3.05) is 24.3 Å². The molecule has 5 N–H and O–H groups in total. The number of halogens is 2. The molecule has 1 aliphatic carbocycles. The van der Waals surface area contributed by atoms with E-state index in [-0.39, 0.29) is 39.1 Å². The van der Waals surface area contributed by atoms with Gasteiger partial charge in [-0.25, -0.2) is 13.8 Å². The van der Waals surface area contributed by atoms with E-state index in [2.05, 4.69) is 22.2 Å². The number of rotatable bonds is 5. The predicted molar refractivity (Wildman–Crippen MR) is 141 cm³/mol. The van der Waals surface area contributed by atoms with Crippen LogP contribution >= 0.6 is 11.3 Å². The number of pyridine rings is 1. The first-order valence-corrected chi connectivity index (χ1v) is 13.5. The lowest BCUT2D eigenvalue weighted by Gasteiger charge is -2.32. The summed E-state index contributed by atoms with van der Waals surface area (Å²) in [5.74, 6) is -1.28. The average molecular weight is 528 g/mol. The van der Waals surface area contributed by atoms with Crippen molar-refractivity contribution in [3.05, 3.63) is 59.0 Å². The molecule has 1 amide bonds. The highest BCUT2D eigenvalue weighted by molar-refractivity contribution is 7.19. The number of thiazole rings is 1. The van der Waals surface area contributed by atoms with Gasteiger partial charge in [0.25, 0.3) is 5.91 Å². The van der Waals surface area contributed by atoms with Gasteiger partial charge in [-0.1, -0.05) is 18.3 Å². The lowest BCUT2D eigenvalue weighted by molar-refractivity contribution is 0.0852. The molecule has 10 heteroatoms. The molecule has 3 atom stereocenters. The van der Waals surface area contributed by atoms with Gasteiger partial charge in [0.2, 0.25) is 0 Å². The van der Waals surface area contributed by atoms with Gasteiger partial charge in [0, 0.05) is 25.5 Å². The molecule has 2 aromatic heterocycles. The van der Waals surface area contributed by atoms with E-state index in [1.54, 1.807) is 12.4 Å². The maximum atomic E-state index is 15.1. The molecule has 1 saturated heterocycles. The quantitative estimate of drug-likeness (QED) is 0.407. The molecule has 0 radical (unpaired) electrons. The van der Waals surface area contributed by atoms with E-state index >= 15 is 8.78 Å². The number of hydrogen-bond acceptors (Lipinski definition) is 7.